The van der Waals surface area contributed by atoms with Gasteiger partial charge >= 0.3 is 5.97 Å². The lowest BCUT2D eigenvalue weighted by Gasteiger charge is -2.15. The highest BCUT2D eigenvalue weighted by Crippen LogP contribution is 2.25. The number of hydrogen-bond donors (Lipinski definition) is 0. The van der Waals surface area contributed by atoms with Gasteiger partial charge in [0.1, 0.15) is 6.10 Å². The van der Waals surface area contributed by atoms with E-state index in [1.54, 1.807) is 0 Å². The first-order valence-corrected chi connectivity index (χ1v) is 12.4. The average molecular weight is 423 g/mol. The molecule has 0 spiro atoms. The lowest BCUT2D eigenvalue weighted by Crippen LogP contribution is -2.10. The van der Waals surface area contributed by atoms with Crippen molar-refractivity contribution in [3.63, 3.8) is 0 Å². The normalized spacial score (nSPS) is 13.0. The summed E-state index contributed by atoms with van der Waals surface area (Å²) in [7, 11) is 0. The van der Waals surface area contributed by atoms with Crippen molar-refractivity contribution in [3.8, 4) is 11.1 Å². The topological polar surface area (TPSA) is 26.3 Å². The zero-order valence-electron chi connectivity index (χ0n) is 20.2. The molecule has 0 saturated carbocycles. The van der Waals surface area contributed by atoms with E-state index >= 15 is 0 Å². The number of carbonyl (C=O) groups is 1. The molecule has 0 radical (unpaired) electrons. The number of hydrogen-bond acceptors (Lipinski definition) is 2. The molecule has 2 unspecified atom stereocenters. The second-order valence-corrected chi connectivity index (χ2v) is 9.05. The fraction of sp³-hybridized carbons (Fsp3) is 0.552. The molecule has 2 atom stereocenters. The van der Waals surface area contributed by atoms with Crippen LogP contribution in [-0.2, 0) is 16.0 Å². The second-order valence-electron chi connectivity index (χ2n) is 9.05. The predicted octanol–water partition coefficient (Wildman–Crippen LogP) is 8.69. The van der Waals surface area contributed by atoms with E-state index in [-0.39, 0.29) is 12.1 Å². The molecule has 2 heteroatoms. The molecule has 0 heterocycles. The molecule has 0 aromatic heterocycles. The van der Waals surface area contributed by atoms with Gasteiger partial charge in [-0.15, -0.1) is 0 Å². The molecule has 2 aromatic rings. The van der Waals surface area contributed by atoms with Gasteiger partial charge in [-0.3, -0.25) is 4.79 Å². The molecule has 0 aliphatic rings. The molecule has 0 amide bonds. The average Bonchev–Trinajstić information content (AvgIpc) is 2.78. The Morgan fingerprint density at radius 2 is 1.39 bits per heavy atom. The summed E-state index contributed by atoms with van der Waals surface area (Å²) < 4.78 is 5.65. The molecule has 2 rings (SSSR count). The Bertz CT molecular complexity index is 745. The molecule has 0 aliphatic heterocycles. The van der Waals surface area contributed by atoms with Gasteiger partial charge in [0.25, 0.3) is 0 Å². The molecule has 31 heavy (non-hydrogen) atoms. The van der Waals surface area contributed by atoms with Gasteiger partial charge in [-0.1, -0.05) is 108 Å². The Hall–Kier alpha value is -2.09. The summed E-state index contributed by atoms with van der Waals surface area (Å²) >= 11 is 0. The molecule has 0 N–H and O–H groups in total. The molecule has 0 bridgehead atoms. The number of carbonyl (C=O) groups excluding carboxylic acids is 1. The van der Waals surface area contributed by atoms with Crippen molar-refractivity contribution in [2.24, 2.45) is 5.92 Å². The van der Waals surface area contributed by atoms with Gasteiger partial charge in [0.2, 0.25) is 0 Å². The van der Waals surface area contributed by atoms with E-state index in [1.807, 2.05) is 6.92 Å². The first-order chi connectivity index (χ1) is 15.0. The Balaban J connectivity index is 1.83. The van der Waals surface area contributed by atoms with E-state index in [9.17, 15) is 4.79 Å². The van der Waals surface area contributed by atoms with Crippen molar-refractivity contribution in [1.29, 1.82) is 0 Å². The maximum Gasteiger partial charge on any atom is 0.306 e. The Morgan fingerprint density at radius 3 is 2.00 bits per heavy atom. The van der Waals surface area contributed by atoms with Crippen LogP contribution in [-0.4, -0.2) is 5.97 Å². The lowest BCUT2D eigenvalue weighted by molar-refractivity contribution is -0.148. The van der Waals surface area contributed by atoms with Crippen LogP contribution in [0.5, 0.6) is 0 Å². The number of unbranched alkanes of at least 4 members (excludes halogenated alkanes) is 4. The van der Waals surface area contributed by atoms with Crippen molar-refractivity contribution in [2.75, 3.05) is 0 Å². The van der Waals surface area contributed by atoms with E-state index in [0.29, 0.717) is 12.3 Å². The van der Waals surface area contributed by atoms with Gasteiger partial charge in [-0.2, -0.15) is 0 Å². The van der Waals surface area contributed by atoms with Crippen molar-refractivity contribution in [3.05, 3.63) is 59.7 Å². The van der Waals surface area contributed by atoms with Gasteiger partial charge in [-0.05, 0) is 54.4 Å². The molecule has 170 valence electrons. The van der Waals surface area contributed by atoms with Crippen molar-refractivity contribution < 1.29 is 9.53 Å². The SMILES string of the molecule is CCCCCCCc1ccc(-c2ccc(C(C)OC(=O)CCC(C)CCC)cc2)cc1. The van der Waals surface area contributed by atoms with Crippen molar-refractivity contribution in [2.45, 2.75) is 98.0 Å². The Kier molecular flexibility index (Phi) is 11.4. The highest BCUT2D eigenvalue weighted by molar-refractivity contribution is 5.70. The fourth-order valence-corrected chi connectivity index (χ4v) is 4.07. The van der Waals surface area contributed by atoms with E-state index < -0.39 is 0 Å². The fourth-order valence-electron chi connectivity index (χ4n) is 4.07. The molecule has 0 aliphatic carbocycles. The third-order valence-electron chi connectivity index (χ3n) is 6.17. The number of rotatable bonds is 14. The second kappa shape index (κ2) is 14.1. The van der Waals surface area contributed by atoms with E-state index in [4.69, 9.17) is 4.74 Å². The summed E-state index contributed by atoms with van der Waals surface area (Å²) in [5, 5.41) is 0. The third-order valence-corrected chi connectivity index (χ3v) is 6.17. The minimum atomic E-state index is -0.210. The number of benzene rings is 2. The molecule has 2 nitrogen and oxygen atoms in total. The zero-order chi connectivity index (χ0) is 22.5. The third kappa shape index (κ3) is 9.29. The van der Waals surface area contributed by atoms with Gasteiger partial charge in [0.15, 0.2) is 0 Å². The Morgan fingerprint density at radius 1 is 0.774 bits per heavy atom. The summed E-state index contributed by atoms with van der Waals surface area (Å²) in [6.07, 6.45) is 11.3. The van der Waals surface area contributed by atoms with E-state index in [2.05, 4.69) is 69.3 Å². The summed E-state index contributed by atoms with van der Waals surface area (Å²) in [5.74, 6) is 0.490. The van der Waals surface area contributed by atoms with Crippen molar-refractivity contribution in [1.82, 2.24) is 0 Å². The van der Waals surface area contributed by atoms with Gasteiger partial charge < -0.3 is 4.74 Å². The monoisotopic (exact) mass is 422 g/mol. The number of aryl methyl sites for hydroxylation is 1. The van der Waals surface area contributed by atoms with E-state index in [1.165, 1.54) is 68.1 Å². The van der Waals surface area contributed by atoms with E-state index in [0.717, 1.165) is 12.0 Å². The molecular weight excluding hydrogens is 380 g/mol. The first-order valence-electron chi connectivity index (χ1n) is 12.4. The molecule has 2 aromatic carbocycles. The standard InChI is InChI=1S/C29H42O2/c1-5-7-8-9-10-12-25-14-16-27(17-15-25)28-20-18-26(19-21-28)24(4)31-29(30)22-13-23(3)11-6-2/h14-21,23-24H,5-13,22H2,1-4H3. The molecule has 0 saturated heterocycles. The highest BCUT2D eigenvalue weighted by Gasteiger charge is 2.13. The smallest absolute Gasteiger partial charge is 0.306 e. The lowest BCUT2D eigenvalue weighted by atomic mass is 9.99. The van der Waals surface area contributed by atoms with Crippen LogP contribution in [0.2, 0.25) is 0 Å². The maximum absolute atomic E-state index is 12.2. The first kappa shape index (κ1) is 25.2. The zero-order valence-corrected chi connectivity index (χ0v) is 20.2. The highest BCUT2D eigenvalue weighted by atomic mass is 16.5. The molecular formula is C29H42O2. The molecule has 0 fully saturated rings. The van der Waals surface area contributed by atoms with Crippen LogP contribution in [0.4, 0.5) is 0 Å². The summed E-state index contributed by atoms with van der Waals surface area (Å²) in [6.45, 7) is 8.61. The van der Waals surface area contributed by atoms with Crippen LogP contribution >= 0.6 is 0 Å². The summed E-state index contributed by atoms with van der Waals surface area (Å²) in [4.78, 5) is 12.2. The minimum Gasteiger partial charge on any atom is -0.458 e. The summed E-state index contributed by atoms with van der Waals surface area (Å²) in [6, 6.07) is 17.4. The Labute approximate surface area is 190 Å². The maximum atomic E-state index is 12.2. The quantitative estimate of drug-likeness (QED) is 0.225. The number of ether oxygens (including phenoxy) is 1. The predicted molar refractivity (Wildman–Crippen MR) is 132 cm³/mol. The van der Waals surface area contributed by atoms with Crippen LogP contribution < -0.4 is 0 Å². The summed E-state index contributed by atoms with van der Waals surface area (Å²) in [5.41, 5.74) is 4.90. The van der Waals surface area contributed by atoms with Crippen LogP contribution in [0.25, 0.3) is 11.1 Å². The van der Waals surface area contributed by atoms with Crippen LogP contribution in [0.3, 0.4) is 0 Å². The largest absolute Gasteiger partial charge is 0.458 e. The van der Waals surface area contributed by atoms with Gasteiger partial charge in [0, 0.05) is 6.42 Å². The number of esters is 1. The van der Waals surface area contributed by atoms with Gasteiger partial charge in [-0.25, -0.2) is 0 Å². The van der Waals surface area contributed by atoms with Crippen LogP contribution in [0, 0.1) is 5.92 Å². The van der Waals surface area contributed by atoms with Crippen LogP contribution in [0.1, 0.15) is 103 Å². The van der Waals surface area contributed by atoms with Crippen LogP contribution in [0.15, 0.2) is 48.5 Å². The van der Waals surface area contributed by atoms with Crippen molar-refractivity contribution >= 4 is 5.97 Å². The minimum absolute atomic E-state index is 0.0928. The van der Waals surface area contributed by atoms with Gasteiger partial charge in [0.05, 0.1) is 0 Å².